The summed E-state index contributed by atoms with van der Waals surface area (Å²) < 4.78 is 52.8. The Morgan fingerprint density at radius 1 is 1.15 bits per heavy atom. The van der Waals surface area contributed by atoms with Crippen LogP contribution in [0.2, 0.25) is 5.02 Å². The quantitative estimate of drug-likeness (QED) is 0.854. The Balaban J connectivity index is 2.46. The third-order valence-electron chi connectivity index (χ3n) is 2.44. The summed E-state index contributed by atoms with van der Waals surface area (Å²) in [7, 11) is -4.27. The zero-order chi connectivity index (χ0) is 14.9. The van der Waals surface area contributed by atoms with E-state index in [1.54, 1.807) is 0 Å². The fourth-order valence-corrected chi connectivity index (χ4v) is 3.12. The van der Waals surface area contributed by atoms with Crippen molar-refractivity contribution in [2.75, 3.05) is 10.5 Å². The van der Waals surface area contributed by atoms with E-state index in [-0.39, 0.29) is 16.4 Å². The van der Waals surface area contributed by atoms with E-state index in [0.29, 0.717) is 0 Å². The lowest BCUT2D eigenvalue weighted by Crippen LogP contribution is -2.16. The number of hydrogen-bond donors (Lipinski definition) is 2. The largest absolute Gasteiger partial charge is 0.398 e. The van der Waals surface area contributed by atoms with Gasteiger partial charge in [0.25, 0.3) is 10.0 Å². The smallest absolute Gasteiger partial charge is 0.266 e. The lowest BCUT2D eigenvalue weighted by atomic mass is 10.3. The molecule has 2 aromatic rings. The van der Waals surface area contributed by atoms with E-state index in [9.17, 15) is 17.2 Å². The van der Waals surface area contributed by atoms with Crippen molar-refractivity contribution in [3.63, 3.8) is 0 Å². The van der Waals surface area contributed by atoms with Gasteiger partial charge in [0.15, 0.2) is 0 Å². The van der Waals surface area contributed by atoms with Crippen LogP contribution in [0.25, 0.3) is 0 Å². The molecule has 0 saturated carbocycles. The molecule has 0 aliphatic heterocycles. The highest BCUT2D eigenvalue weighted by Crippen LogP contribution is 2.28. The van der Waals surface area contributed by atoms with Crippen LogP contribution in [0.4, 0.5) is 20.2 Å². The minimum atomic E-state index is -4.27. The average Bonchev–Trinajstić information content (AvgIpc) is 2.32. The number of benzene rings is 2. The van der Waals surface area contributed by atoms with E-state index in [4.69, 9.17) is 17.3 Å². The van der Waals surface area contributed by atoms with E-state index < -0.39 is 26.6 Å². The Bertz CT molecular complexity index is 746. The number of sulfonamides is 1. The number of nitrogens with two attached hydrogens (primary N) is 1. The molecule has 0 amide bonds. The van der Waals surface area contributed by atoms with Crippen LogP contribution in [0.5, 0.6) is 0 Å². The molecule has 0 heterocycles. The van der Waals surface area contributed by atoms with Gasteiger partial charge in [-0.1, -0.05) is 17.7 Å². The van der Waals surface area contributed by atoms with E-state index in [0.717, 1.165) is 24.3 Å². The Labute approximate surface area is 119 Å². The minimum absolute atomic E-state index is 0.0734. The molecule has 3 N–H and O–H groups in total. The van der Waals surface area contributed by atoms with Gasteiger partial charge < -0.3 is 5.73 Å². The molecule has 0 aromatic heterocycles. The number of nitrogen functional groups attached to an aromatic ring is 1. The molecular weight excluding hydrogens is 310 g/mol. The van der Waals surface area contributed by atoms with Gasteiger partial charge in [-0.15, -0.1) is 0 Å². The van der Waals surface area contributed by atoms with Crippen LogP contribution in [0, 0.1) is 11.6 Å². The molecular formula is C12H9ClF2N2O2S. The van der Waals surface area contributed by atoms with E-state index >= 15 is 0 Å². The van der Waals surface area contributed by atoms with E-state index in [1.807, 2.05) is 0 Å². The first kappa shape index (κ1) is 14.5. The lowest BCUT2D eigenvalue weighted by molar-refractivity contribution is 0.571. The summed E-state index contributed by atoms with van der Waals surface area (Å²) >= 11 is 5.71. The summed E-state index contributed by atoms with van der Waals surface area (Å²) in [6.07, 6.45) is 0. The maximum Gasteiger partial charge on any atom is 0.266 e. The molecule has 106 valence electrons. The predicted molar refractivity (Wildman–Crippen MR) is 73.0 cm³/mol. The zero-order valence-electron chi connectivity index (χ0n) is 9.90. The van der Waals surface area contributed by atoms with Crippen molar-refractivity contribution >= 4 is 33.0 Å². The van der Waals surface area contributed by atoms with Gasteiger partial charge in [0.1, 0.15) is 16.5 Å². The molecule has 0 fully saturated rings. The van der Waals surface area contributed by atoms with Crippen molar-refractivity contribution in [2.24, 2.45) is 0 Å². The molecule has 0 bridgehead atoms. The third-order valence-corrected chi connectivity index (χ3v) is 4.21. The van der Waals surface area contributed by atoms with Gasteiger partial charge in [-0.25, -0.2) is 17.2 Å². The van der Waals surface area contributed by atoms with Crippen molar-refractivity contribution in [1.29, 1.82) is 0 Å². The molecule has 8 heteroatoms. The van der Waals surface area contributed by atoms with Crippen molar-refractivity contribution < 1.29 is 17.2 Å². The first-order chi connectivity index (χ1) is 9.31. The van der Waals surface area contributed by atoms with Crippen molar-refractivity contribution in [3.05, 3.63) is 53.1 Å². The molecule has 2 rings (SSSR count). The number of nitrogens with one attached hydrogen (secondary N) is 1. The van der Waals surface area contributed by atoms with Crippen LogP contribution in [-0.2, 0) is 10.0 Å². The second kappa shape index (κ2) is 5.26. The van der Waals surface area contributed by atoms with Crippen molar-refractivity contribution in [2.45, 2.75) is 4.90 Å². The van der Waals surface area contributed by atoms with Gasteiger partial charge in [0.05, 0.1) is 16.4 Å². The number of anilines is 2. The van der Waals surface area contributed by atoms with Gasteiger partial charge in [-0.05, 0) is 30.3 Å². The molecule has 20 heavy (non-hydrogen) atoms. The molecule has 0 aliphatic rings. The van der Waals surface area contributed by atoms with Gasteiger partial charge in [0, 0.05) is 0 Å². The summed E-state index contributed by atoms with van der Waals surface area (Å²) in [6, 6.07) is 6.60. The first-order valence-electron chi connectivity index (χ1n) is 5.33. The third kappa shape index (κ3) is 2.83. The van der Waals surface area contributed by atoms with Gasteiger partial charge in [-0.2, -0.15) is 0 Å². The Hall–Kier alpha value is -1.86. The SMILES string of the molecule is Nc1cccc(F)c1S(=O)(=O)Nc1ccc(F)cc1Cl. The lowest BCUT2D eigenvalue weighted by Gasteiger charge is -2.12. The molecule has 0 unspecified atom stereocenters. The van der Waals surface area contributed by atoms with Crippen LogP contribution in [0.3, 0.4) is 0 Å². The first-order valence-corrected chi connectivity index (χ1v) is 7.19. The second-order valence-corrected chi connectivity index (χ2v) is 5.91. The summed E-state index contributed by atoms with van der Waals surface area (Å²) in [4.78, 5) is -0.680. The Morgan fingerprint density at radius 3 is 2.45 bits per heavy atom. The molecule has 2 aromatic carbocycles. The van der Waals surface area contributed by atoms with Crippen LogP contribution in [0.15, 0.2) is 41.3 Å². The highest BCUT2D eigenvalue weighted by Gasteiger charge is 2.23. The fraction of sp³-hybridized carbons (Fsp3) is 0. The van der Waals surface area contributed by atoms with Gasteiger partial charge >= 0.3 is 0 Å². The number of rotatable bonds is 3. The summed E-state index contributed by atoms with van der Waals surface area (Å²) in [5.41, 5.74) is 5.16. The zero-order valence-corrected chi connectivity index (χ0v) is 11.5. The number of hydrogen-bond acceptors (Lipinski definition) is 3. The van der Waals surface area contributed by atoms with E-state index in [2.05, 4.69) is 4.72 Å². The highest BCUT2D eigenvalue weighted by molar-refractivity contribution is 7.93. The Morgan fingerprint density at radius 2 is 1.85 bits per heavy atom. The summed E-state index contributed by atoms with van der Waals surface area (Å²) in [5.74, 6) is -1.61. The molecule has 0 aliphatic carbocycles. The van der Waals surface area contributed by atoms with Gasteiger partial charge in [0.2, 0.25) is 0 Å². The van der Waals surface area contributed by atoms with Crippen LogP contribution in [0.1, 0.15) is 0 Å². The monoisotopic (exact) mass is 318 g/mol. The minimum Gasteiger partial charge on any atom is -0.398 e. The predicted octanol–water partition coefficient (Wildman–Crippen LogP) is 3.00. The maximum atomic E-state index is 13.6. The molecule has 0 atom stereocenters. The van der Waals surface area contributed by atoms with Crippen LogP contribution >= 0.6 is 11.6 Å². The summed E-state index contributed by atoms with van der Waals surface area (Å²) in [5, 5.41) is -0.150. The highest BCUT2D eigenvalue weighted by atomic mass is 35.5. The molecule has 0 saturated heterocycles. The standard InChI is InChI=1S/C12H9ClF2N2O2S/c13-8-6-7(14)4-5-11(8)17-20(18,19)12-9(15)2-1-3-10(12)16/h1-6,17H,16H2. The normalized spacial score (nSPS) is 11.3. The van der Waals surface area contributed by atoms with Crippen LogP contribution < -0.4 is 10.5 Å². The molecule has 4 nitrogen and oxygen atoms in total. The Kier molecular flexibility index (Phi) is 3.82. The fourth-order valence-electron chi connectivity index (χ4n) is 1.58. The second-order valence-electron chi connectivity index (χ2n) is 3.89. The number of halogens is 3. The van der Waals surface area contributed by atoms with Crippen LogP contribution in [-0.4, -0.2) is 8.42 Å². The average molecular weight is 319 g/mol. The molecule has 0 spiro atoms. The summed E-state index contributed by atoms with van der Waals surface area (Å²) in [6.45, 7) is 0. The van der Waals surface area contributed by atoms with E-state index in [1.165, 1.54) is 12.1 Å². The maximum absolute atomic E-state index is 13.6. The van der Waals surface area contributed by atoms with Crippen molar-refractivity contribution in [1.82, 2.24) is 0 Å². The topological polar surface area (TPSA) is 72.2 Å². The van der Waals surface area contributed by atoms with Gasteiger partial charge in [-0.3, -0.25) is 4.72 Å². The van der Waals surface area contributed by atoms with Crippen molar-refractivity contribution in [3.8, 4) is 0 Å². The molecule has 0 radical (unpaired) electrons.